The number of fused-ring (bicyclic) bond motifs is 2. The summed E-state index contributed by atoms with van der Waals surface area (Å²) in [5, 5.41) is 3.26. The minimum Gasteiger partial charge on any atom is -0.328 e. The second-order valence-electron chi connectivity index (χ2n) is 4.98. The van der Waals surface area contributed by atoms with E-state index in [1.54, 1.807) is 23.1 Å². The van der Waals surface area contributed by atoms with Crippen molar-refractivity contribution in [1.29, 1.82) is 0 Å². The fourth-order valence-electron chi connectivity index (χ4n) is 2.66. The zero-order valence-electron chi connectivity index (χ0n) is 10.2. The number of anilines is 1. The smallest absolute Gasteiger partial charge is 0.256 e. The average molecular weight is 280 g/mol. The number of nitrogens with two attached hydrogens (primary N) is 1. The molecule has 2 amide bonds. The van der Waals surface area contributed by atoms with Gasteiger partial charge < -0.3 is 16.0 Å². The van der Waals surface area contributed by atoms with E-state index in [1.165, 1.54) is 0 Å². The van der Waals surface area contributed by atoms with Crippen LogP contribution >= 0.6 is 11.6 Å². The molecule has 2 heterocycles. The van der Waals surface area contributed by atoms with Gasteiger partial charge >= 0.3 is 0 Å². The van der Waals surface area contributed by atoms with Gasteiger partial charge in [-0.05, 0) is 31.0 Å². The molecule has 3 rings (SSSR count). The number of hydrogen-bond acceptors (Lipinski definition) is 3. The SMILES string of the molecule is N[C@H]1CCN2C(=O)c3ccc(Cl)cc3NC(=O)[C@H]2C1. The van der Waals surface area contributed by atoms with Gasteiger partial charge in [-0.25, -0.2) is 0 Å². The summed E-state index contributed by atoms with van der Waals surface area (Å²) in [5.74, 6) is -0.327. The summed E-state index contributed by atoms with van der Waals surface area (Å²) >= 11 is 5.91. The Morgan fingerprint density at radius 2 is 2.16 bits per heavy atom. The van der Waals surface area contributed by atoms with Gasteiger partial charge in [-0.2, -0.15) is 0 Å². The molecule has 1 fully saturated rings. The van der Waals surface area contributed by atoms with Crippen LogP contribution in [0.4, 0.5) is 5.69 Å². The molecule has 0 unspecified atom stereocenters. The van der Waals surface area contributed by atoms with Gasteiger partial charge in [0.05, 0.1) is 11.3 Å². The van der Waals surface area contributed by atoms with Crippen molar-refractivity contribution in [3.8, 4) is 0 Å². The van der Waals surface area contributed by atoms with Crippen LogP contribution in [0, 0.1) is 0 Å². The highest BCUT2D eigenvalue weighted by Crippen LogP contribution is 2.29. The number of nitrogens with zero attached hydrogens (tertiary/aromatic N) is 1. The van der Waals surface area contributed by atoms with Crippen LogP contribution in [0.3, 0.4) is 0 Å². The van der Waals surface area contributed by atoms with Crippen molar-refractivity contribution in [2.24, 2.45) is 5.73 Å². The fourth-order valence-corrected chi connectivity index (χ4v) is 2.83. The van der Waals surface area contributed by atoms with E-state index in [4.69, 9.17) is 17.3 Å². The van der Waals surface area contributed by atoms with Gasteiger partial charge in [-0.15, -0.1) is 0 Å². The molecule has 1 aromatic carbocycles. The first-order valence-corrected chi connectivity index (χ1v) is 6.61. The van der Waals surface area contributed by atoms with Crippen LogP contribution in [-0.2, 0) is 4.79 Å². The Labute approximate surface area is 115 Å². The van der Waals surface area contributed by atoms with E-state index in [0.717, 1.165) is 6.42 Å². The van der Waals surface area contributed by atoms with Crippen LogP contribution in [0.1, 0.15) is 23.2 Å². The molecule has 0 aliphatic carbocycles. The number of amides is 2. The zero-order chi connectivity index (χ0) is 13.6. The molecule has 5 nitrogen and oxygen atoms in total. The Morgan fingerprint density at radius 1 is 1.37 bits per heavy atom. The minimum absolute atomic E-state index is 0.0374. The molecule has 0 spiro atoms. The third-order valence-electron chi connectivity index (χ3n) is 3.68. The second-order valence-corrected chi connectivity index (χ2v) is 5.41. The van der Waals surface area contributed by atoms with Gasteiger partial charge in [-0.1, -0.05) is 11.6 Å². The van der Waals surface area contributed by atoms with Crippen LogP contribution in [0.5, 0.6) is 0 Å². The van der Waals surface area contributed by atoms with Crippen LogP contribution in [0.25, 0.3) is 0 Å². The molecule has 3 N–H and O–H groups in total. The summed E-state index contributed by atoms with van der Waals surface area (Å²) in [5.41, 5.74) is 6.85. The van der Waals surface area contributed by atoms with Gasteiger partial charge in [0, 0.05) is 17.6 Å². The highest BCUT2D eigenvalue weighted by atomic mass is 35.5. The molecule has 0 aromatic heterocycles. The summed E-state index contributed by atoms with van der Waals surface area (Å²) in [6.45, 7) is 0.514. The lowest BCUT2D eigenvalue weighted by Gasteiger charge is -2.35. The third-order valence-corrected chi connectivity index (χ3v) is 3.91. The highest BCUT2D eigenvalue weighted by molar-refractivity contribution is 6.31. The molecular weight excluding hydrogens is 266 g/mol. The number of halogens is 1. The molecular formula is C13H14ClN3O2. The number of piperidine rings is 1. The molecule has 0 radical (unpaired) electrons. The lowest BCUT2D eigenvalue weighted by molar-refractivity contribution is -0.121. The number of nitrogens with one attached hydrogen (secondary N) is 1. The topological polar surface area (TPSA) is 75.4 Å². The van der Waals surface area contributed by atoms with E-state index in [9.17, 15) is 9.59 Å². The summed E-state index contributed by atoms with van der Waals surface area (Å²) in [4.78, 5) is 26.3. The highest BCUT2D eigenvalue weighted by Gasteiger charge is 2.38. The molecule has 0 bridgehead atoms. The van der Waals surface area contributed by atoms with E-state index in [0.29, 0.717) is 29.2 Å². The number of carbonyl (C=O) groups excluding carboxylic acids is 2. The fraction of sp³-hybridized carbons (Fsp3) is 0.385. The Hall–Kier alpha value is -1.59. The van der Waals surface area contributed by atoms with E-state index >= 15 is 0 Å². The van der Waals surface area contributed by atoms with E-state index in [-0.39, 0.29) is 17.9 Å². The monoisotopic (exact) mass is 279 g/mol. The van der Waals surface area contributed by atoms with E-state index in [1.807, 2.05) is 0 Å². The molecule has 2 aliphatic rings. The lowest BCUT2D eigenvalue weighted by atomic mass is 9.97. The third kappa shape index (κ3) is 2.09. The van der Waals surface area contributed by atoms with Crippen molar-refractivity contribution in [3.63, 3.8) is 0 Å². The maximum absolute atomic E-state index is 12.5. The first kappa shape index (κ1) is 12.4. The second kappa shape index (κ2) is 4.51. The average Bonchev–Trinajstić information content (AvgIpc) is 2.46. The maximum Gasteiger partial charge on any atom is 0.256 e. The lowest BCUT2D eigenvalue weighted by Crippen LogP contribution is -2.53. The van der Waals surface area contributed by atoms with E-state index < -0.39 is 6.04 Å². The molecule has 1 aromatic rings. The summed E-state index contributed by atoms with van der Waals surface area (Å²) < 4.78 is 0. The number of rotatable bonds is 0. The Bertz CT molecular complexity index is 561. The maximum atomic E-state index is 12.5. The summed E-state index contributed by atoms with van der Waals surface area (Å²) in [6.07, 6.45) is 1.22. The van der Waals surface area contributed by atoms with Crippen LogP contribution in [0.2, 0.25) is 5.02 Å². The standard InChI is InChI=1S/C13H14ClN3O2/c14-7-1-2-9-10(5-7)16-12(18)11-6-8(15)3-4-17(11)13(9)19/h1-2,5,8,11H,3-4,6,15H2,(H,16,18)/t8-,11+/m0/s1. The quantitative estimate of drug-likeness (QED) is 0.750. The first-order valence-electron chi connectivity index (χ1n) is 6.23. The minimum atomic E-state index is -0.484. The van der Waals surface area contributed by atoms with Gasteiger partial charge in [0.15, 0.2) is 0 Å². The summed E-state index contributed by atoms with van der Waals surface area (Å²) in [7, 11) is 0. The van der Waals surface area contributed by atoms with Crippen molar-refractivity contribution in [2.75, 3.05) is 11.9 Å². The molecule has 19 heavy (non-hydrogen) atoms. The molecule has 2 aliphatic heterocycles. The van der Waals surface area contributed by atoms with Crippen molar-refractivity contribution >= 4 is 29.1 Å². The molecule has 1 saturated heterocycles. The van der Waals surface area contributed by atoms with Crippen molar-refractivity contribution in [2.45, 2.75) is 24.9 Å². The van der Waals surface area contributed by atoms with Crippen LogP contribution in [-0.4, -0.2) is 35.3 Å². The number of carbonyl (C=O) groups is 2. The largest absolute Gasteiger partial charge is 0.328 e. The zero-order valence-corrected chi connectivity index (χ0v) is 11.0. The van der Waals surface area contributed by atoms with E-state index in [2.05, 4.69) is 5.32 Å². The van der Waals surface area contributed by atoms with Crippen LogP contribution in [0.15, 0.2) is 18.2 Å². The molecule has 100 valence electrons. The normalized spacial score (nSPS) is 26.3. The molecule has 0 saturated carbocycles. The molecule has 6 heteroatoms. The van der Waals surface area contributed by atoms with Crippen molar-refractivity contribution < 1.29 is 9.59 Å². The van der Waals surface area contributed by atoms with Gasteiger partial charge in [0.25, 0.3) is 5.91 Å². The Morgan fingerprint density at radius 3 is 2.95 bits per heavy atom. The van der Waals surface area contributed by atoms with Crippen molar-refractivity contribution in [1.82, 2.24) is 4.90 Å². The Kier molecular flexibility index (Phi) is 2.95. The van der Waals surface area contributed by atoms with Crippen LogP contribution < -0.4 is 11.1 Å². The number of benzene rings is 1. The van der Waals surface area contributed by atoms with Crippen molar-refractivity contribution in [3.05, 3.63) is 28.8 Å². The summed E-state index contributed by atoms with van der Waals surface area (Å²) in [6, 6.07) is 4.38. The number of hydrogen-bond donors (Lipinski definition) is 2. The van der Waals surface area contributed by atoms with Gasteiger partial charge in [0.1, 0.15) is 6.04 Å². The van der Waals surface area contributed by atoms with Gasteiger partial charge in [0.2, 0.25) is 5.91 Å². The molecule has 2 atom stereocenters. The predicted molar refractivity (Wildman–Crippen MR) is 72.1 cm³/mol. The van der Waals surface area contributed by atoms with Gasteiger partial charge in [-0.3, -0.25) is 9.59 Å². The Balaban J connectivity index is 2.05. The predicted octanol–water partition coefficient (Wildman–Crippen LogP) is 1.22. The first-order chi connectivity index (χ1) is 9.06.